The lowest BCUT2D eigenvalue weighted by Gasteiger charge is -2.29. The second-order valence-electron chi connectivity index (χ2n) is 7.47. The van der Waals surface area contributed by atoms with Crippen molar-refractivity contribution in [1.82, 2.24) is 10.2 Å². The van der Waals surface area contributed by atoms with Crippen LogP contribution in [0.4, 0.5) is 0 Å². The summed E-state index contributed by atoms with van der Waals surface area (Å²) < 4.78 is 0. The minimum absolute atomic E-state index is 0. The third kappa shape index (κ3) is 4.30. The topological polar surface area (TPSA) is 32.3 Å². The maximum atomic E-state index is 13.1. The zero-order chi connectivity index (χ0) is 17.1. The van der Waals surface area contributed by atoms with Gasteiger partial charge in [-0.1, -0.05) is 30.3 Å². The van der Waals surface area contributed by atoms with Crippen molar-refractivity contribution in [2.75, 3.05) is 13.1 Å². The van der Waals surface area contributed by atoms with Crippen LogP contribution in [0.25, 0.3) is 0 Å². The predicted molar refractivity (Wildman–Crippen MR) is 110 cm³/mol. The largest absolute Gasteiger partial charge is 0.335 e. The summed E-state index contributed by atoms with van der Waals surface area (Å²) in [5.74, 6) is 0.315. The number of piperidine rings is 1. The number of carbonyl (C=O) groups is 1. The molecule has 5 heteroatoms. The monoisotopic (exact) mass is 390 g/mol. The normalized spacial score (nSPS) is 20.4. The number of aryl methyl sites for hydroxylation is 1. The van der Waals surface area contributed by atoms with Gasteiger partial charge in [-0.15, -0.1) is 12.4 Å². The molecule has 1 aromatic carbocycles. The fourth-order valence-electron chi connectivity index (χ4n) is 4.22. The molecule has 4 rings (SSSR count). The molecule has 1 amide bonds. The second-order valence-corrected chi connectivity index (χ2v) is 8.25. The average molecular weight is 391 g/mol. The van der Waals surface area contributed by atoms with Crippen molar-refractivity contribution in [1.29, 1.82) is 0 Å². The van der Waals surface area contributed by atoms with Crippen LogP contribution < -0.4 is 5.32 Å². The lowest BCUT2D eigenvalue weighted by Crippen LogP contribution is -2.39. The van der Waals surface area contributed by atoms with Crippen LogP contribution in [0.2, 0.25) is 0 Å². The van der Waals surface area contributed by atoms with Crippen molar-refractivity contribution < 1.29 is 4.79 Å². The fourth-order valence-corrected chi connectivity index (χ4v) is 4.88. The second kappa shape index (κ2) is 8.55. The third-order valence-electron chi connectivity index (χ3n) is 5.85. The van der Waals surface area contributed by atoms with Gasteiger partial charge in [-0.05, 0) is 72.1 Å². The van der Waals surface area contributed by atoms with Crippen molar-refractivity contribution in [2.45, 2.75) is 44.7 Å². The molecule has 1 N–H and O–H groups in total. The molecule has 1 saturated carbocycles. The van der Waals surface area contributed by atoms with Gasteiger partial charge < -0.3 is 10.2 Å². The molecule has 2 heterocycles. The maximum Gasteiger partial charge on any atom is 0.223 e. The highest BCUT2D eigenvalue weighted by Gasteiger charge is 2.57. The van der Waals surface area contributed by atoms with Crippen LogP contribution in [0.3, 0.4) is 0 Å². The number of hydrogen-bond acceptors (Lipinski definition) is 3. The van der Waals surface area contributed by atoms with E-state index in [1.54, 1.807) is 11.3 Å². The molecule has 140 valence electrons. The number of hydrogen-bond donors (Lipinski definition) is 1. The number of carbonyl (C=O) groups excluding carboxylic acids is 1. The van der Waals surface area contributed by atoms with Gasteiger partial charge in [0.25, 0.3) is 0 Å². The third-order valence-corrected chi connectivity index (χ3v) is 6.58. The van der Waals surface area contributed by atoms with Crippen LogP contribution in [0.1, 0.15) is 36.8 Å². The summed E-state index contributed by atoms with van der Waals surface area (Å²) in [7, 11) is 0. The highest BCUT2D eigenvalue weighted by atomic mass is 35.5. The molecule has 1 aliphatic heterocycles. The molecule has 2 aliphatic rings. The van der Waals surface area contributed by atoms with E-state index in [9.17, 15) is 4.79 Å². The fraction of sp³-hybridized carbons (Fsp3) is 0.476. The molecule has 0 bridgehead atoms. The summed E-state index contributed by atoms with van der Waals surface area (Å²) >= 11 is 1.71. The van der Waals surface area contributed by atoms with Gasteiger partial charge in [0.1, 0.15) is 0 Å². The Bertz CT molecular complexity index is 698. The molecule has 1 aliphatic carbocycles. The summed E-state index contributed by atoms with van der Waals surface area (Å²) in [4.78, 5) is 15.3. The highest BCUT2D eigenvalue weighted by molar-refractivity contribution is 7.07. The molecule has 0 radical (unpaired) electrons. The van der Waals surface area contributed by atoms with E-state index in [1.807, 2.05) is 18.2 Å². The number of nitrogens with zero attached hydrogens (tertiary/aromatic N) is 1. The van der Waals surface area contributed by atoms with Crippen LogP contribution in [0.5, 0.6) is 0 Å². The van der Waals surface area contributed by atoms with E-state index in [2.05, 4.69) is 39.2 Å². The Kier molecular flexibility index (Phi) is 6.38. The lowest BCUT2D eigenvalue weighted by molar-refractivity contribution is -0.133. The van der Waals surface area contributed by atoms with Crippen LogP contribution in [0, 0.1) is 5.41 Å². The SMILES string of the molecule is Cl.O=C(CCc1ccccc1)N(Cc1ccsc1)C1CC12CCNCC2. The summed E-state index contributed by atoms with van der Waals surface area (Å²) in [6.45, 7) is 2.97. The molecular weight excluding hydrogens is 364 g/mol. The summed E-state index contributed by atoms with van der Waals surface area (Å²) in [5, 5.41) is 7.74. The molecule has 1 aromatic heterocycles. The number of nitrogens with one attached hydrogen (secondary N) is 1. The van der Waals surface area contributed by atoms with Crippen molar-refractivity contribution in [3.63, 3.8) is 0 Å². The Labute approximate surface area is 166 Å². The Morgan fingerprint density at radius 2 is 1.92 bits per heavy atom. The van der Waals surface area contributed by atoms with E-state index in [0.29, 0.717) is 23.8 Å². The van der Waals surface area contributed by atoms with Gasteiger partial charge in [-0.3, -0.25) is 4.79 Å². The summed E-state index contributed by atoms with van der Waals surface area (Å²) in [6.07, 6.45) is 5.06. The van der Waals surface area contributed by atoms with Gasteiger partial charge in [-0.2, -0.15) is 11.3 Å². The molecule has 1 saturated heterocycles. The standard InChI is InChI=1S/C21H26N2OS.ClH/c24-20(7-6-17-4-2-1-3-5-17)23(15-18-8-13-25-16-18)19-14-21(19)9-11-22-12-10-21;/h1-5,8,13,16,19,22H,6-7,9-12,14-15H2;1H. The quantitative estimate of drug-likeness (QED) is 0.798. The first kappa shape index (κ1) is 19.4. The Hall–Kier alpha value is -1.36. The average Bonchev–Trinajstić information content (AvgIpc) is 3.08. The van der Waals surface area contributed by atoms with Gasteiger partial charge in [0.05, 0.1) is 0 Å². The van der Waals surface area contributed by atoms with Crippen molar-refractivity contribution in [3.05, 3.63) is 58.3 Å². The van der Waals surface area contributed by atoms with Crippen molar-refractivity contribution >= 4 is 29.7 Å². The molecule has 2 fully saturated rings. The lowest BCUT2D eigenvalue weighted by atomic mass is 9.93. The van der Waals surface area contributed by atoms with E-state index >= 15 is 0 Å². The van der Waals surface area contributed by atoms with Crippen molar-refractivity contribution in [3.8, 4) is 0 Å². The Morgan fingerprint density at radius 3 is 2.62 bits per heavy atom. The van der Waals surface area contributed by atoms with Gasteiger partial charge in [0.2, 0.25) is 5.91 Å². The molecule has 3 nitrogen and oxygen atoms in total. The van der Waals surface area contributed by atoms with E-state index in [1.165, 1.54) is 30.4 Å². The summed E-state index contributed by atoms with van der Waals surface area (Å²) in [6, 6.07) is 12.9. The van der Waals surface area contributed by atoms with Crippen LogP contribution >= 0.6 is 23.7 Å². The minimum atomic E-state index is 0. The van der Waals surface area contributed by atoms with E-state index in [4.69, 9.17) is 0 Å². The first-order valence-electron chi connectivity index (χ1n) is 9.32. The first-order valence-corrected chi connectivity index (χ1v) is 10.3. The van der Waals surface area contributed by atoms with Gasteiger partial charge in [0, 0.05) is 19.0 Å². The Morgan fingerprint density at radius 1 is 1.15 bits per heavy atom. The van der Waals surface area contributed by atoms with Crippen molar-refractivity contribution in [2.24, 2.45) is 5.41 Å². The van der Waals surface area contributed by atoms with Crippen LogP contribution in [-0.2, 0) is 17.8 Å². The maximum absolute atomic E-state index is 13.1. The number of thiophene rings is 1. The molecule has 1 unspecified atom stereocenters. The molecule has 2 aromatic rings. The van der Waals surface area contributed by atoms with Gasteiger partial charge in [-0.25, -0.2) is 0 Å². The highest BCUT2D eigenvalue weighted by Crippen LogP contribution is 2.56. The zero-order valence-corrected chi connectivity index (χ0v) is 16.7. The molecule has 1 spiro atoms. The Balaban J connectivity index is 0.00000196. The van der Waals surface area contributed by atoms with E-state index in [0.717, 1.165) is 26.1 Å². The van der Waals surface area contributed by atoms with Crippen LogP contribution in [-0.4, -0.2) is 29.9 Å². The van der Waals surface area contributed by atoms with E-state index < -0.39 is 0 Å². The van der Waals surface area contributed by atoms with Gasteiger partial charge in [0.15, 0.2) is 0 Å². The van der Waals surface area contributed by atoms with Gasteiger partial charge >= 0.3 is 0 Å². The smallest absolute Gasteiger partial charge is 0.223 e. The summed E-state index contributed by atoms with van der Waals surface area (Å²) in [5.41, 5.74) is 2.91. The predicted octanol–water partition coefficient (Wildman–Crippen LogP) is 4.27. The zero-order valence-electron chi connectivity index (χ0n) is 15.0. The number of benzene rings is 1. The molecular formula is C21H27ClN2OS. The van der Waals surface area contributed by atoms with E-state index in [-0.39, 0.29) is 12.4 Å². The minimum Gasteiger partial charge on any atom is -0.335 e. The first-order chi connectivity index (χ1) is 12.3. The number of amides is 1. The molecule has 26 heavy (non-hydrogen) atoms. The number of rotatable bonds is 6. The number of halogens is 1. The molecule has 1 atom stereocenters. The van der Waals surface area contributed by atoms with Crippen LogP contribution in [0.15, 0.2) is 47.2 Å².